The van der Waals surface area contributed by atoms with Gasteiger partial charge in [0.25, 0.3) is 0 Å². The van der Waals surface area contributed by atoms with Gasteiger partial charge in [0.2, 0.25) is 17.7 Å². The van der Waals surface area contributed by atoms with E-state index in [-0.39, 0.29) is 35.3 Å². The minimum absolute atomic E-state index is 0.0906. The predicted octanol–water partition coefficient (Wildman–Crippen LogP) is 0.839. The van der Waals surface area contributed by atoms with E-state index in [0.29, 0.717) is 38.1 Å². The fourth-order valence-electron chi connectivity index (χ4n) is 2.97. The second-order valence-corrected chi connectivity index (χ2v) is 8.12. The Balaban J connectivity index is 2.17. The maximum atomic E-state index is 12.4. The molecule has 0 aromatic heterocycles. The van der Waals surface area contributed by atoms with E-state index < -0.39 is 12.0 Å². The molecule has 1 unspecified atom stereocenters. The first-order chi connectivity index (χ1) is 12.7. The average Bonchev–Trinajstić information content (AvgIpc) is 3.10. The van der Waals surface area contributed by atoms with Crippen LogP contribution in [-0.2, 0) is 19.2 Å². The Morgan fingerprint density at radius 2 is 1.93 bits per heavy atom. The van der Waals surface area contributed by atoms with E-state index in [0.717, 1.165) is 12.8 Å². The monoisotopic (exact) mass is 401 g/mol. The fraction of sp³-hybridized carbons (Fsp3) is 0.778. The van der Waals surface area contributed by atoms with Crippen LogP contribution in [0.25, 0.3) is 0 Å². The zero-order valence-electron chi connectivity index (χ0n) is 16.1. The number of carbonyl (C=O) groups is 4. The van der Waals surface area contributed by atoms with Crippen molar-refractivity contribution in [3.8, 4) is 0 Å². The highest BCUT2D eigenvalue weighted by molar-refractivity contribution is 7.99. The summed E-state index contributed by atoms with van der Waals surface area (Å²) in [5, 5.41) is 12.0. The summed E-state index contributed by atoms with van der Waals surface area (Å²) in [5.74, 6) is -1.23. The highest BCUT2D eigenvalue weighted by Crippen LogP contribution is 2.21. The number of primary amides is 1. The molecule has 3 atom stereocenters. The van der Waals surface area contributed by atoms with Crippen molar-refractivity contribution >= 4 is 35.5 Å². The van der Waals surface area contributed by atoms with E-state index in [4.69, 9.17) is 10.8 Å². The number of aliphatic carboxylic acids is 1. The number of carboxylic acids is 1. The molecular formula is C18H31N3O5S. The summed E-state index contributed by atoms with van der Waals surface area (Å²) in [4.78, 5) is 47.8. The first-order valence-electron chi connectivity index (χ1n) is 9.41. The van der Waals surface area contributed by atoms with Gasteiger partial charge in [-0.3, -0.25) is 14.4 Å². The van der Waals surface area contributed by atoms with Crippen molar-refractivity contribution in [1.82, 2.24) is 10.2 Å². The van der Waals surface area contributed by atoms with Crippen LogP contribution in [0.2, 0.25) is 0 Å². The summed E-state index contributed by atoms with van der Waals surface area (Å²) < 4.78 is 0. The first kappa shape index (κ1) is 23.3. The van der Waals surface area contributed by atoms with Crippen molar-refractivity contribution in [2.24, 2.45) is 17.6 Å². The largest absolute Gasteiger partial charge is 0.480 e. The quantitative estimate of drug-likeness (QED) is 0.416. The molecule has 3 amide bonds. The van der Waals surface area contributed by atoms with Gasteiger partial charge in [-0.2, -0.15) is 11.8 Å². The third kappa shape index (κ3) is 8.19. The zero-order valence-corrected chi connectivity index (χ0v) is 16.9. The Kier molecular flexibility index (Phi) is 10.2. The van der Waals surface area contributed by atoms with Crippen LogP contribution < -0.4 is 11.1 Å². The van der Waals surface area contributed by atoms with Crippen LogP contribution in [0.15, 0.2) is 0 Å². The molecule has 0 spiro atoms. The molecule has 4 N–H and O–H groups in total. The molecule has 0 saturated carbocycles. The molecule has 0 bridgehead atoms. The van der Waals surface area contributed by atoms with Crippen LogP contribution in [0, 0.1) is 11.8 Å². The molecule has 9 heteroatoms. The molecule has 8 nitrogen and oxygen atoms in total. The average molecular weight is 402 g/mol. The van der Waals surface area contributed by atoms with E-state index >= 15 is 0 Å². The normalized spacial score (nSPS) is 18.7. The van der Waals surface area contributed by atoms with Gasteiger partial charge in [0.15, 0.2) is 0 Å². The summed E-state index contributed by atoms with van der Waals surface area (Å²) >= 11 is 1.37. The maximum Gasteiger partial charge on any atom is 0.326 e. The molecule has 1 heterocycles. The number of amides is 3. The van der Waals surface area contributed by atoms with Crippen LogP contribution in [-0.4, -0.2) is 64.3 Å². The number of hydrogen-bond acceptors (Lipinski definition) is 5. The van der Waals surface area contributed by atoms with Crippen LogP contribution in [0.3, 0.4) is 0 Å². The molecule has 0 aromatic carbocycles. The van der Waals surface area contributed by atoms with Gasteiger partial charge in [-0.25, -0.2) is 4.79 Å². The van der Waals surface area contributed by atoms with Crippen molar-refractivity contribution in [3.05, 3.63) is 0 Å². The zero-order chi connectivity index (χ0) is 20.4. The minimum Gasteiger partial charge on any atom is -0.480 e. The molecule has 1 aliphatic heterocycles. The number of rotatable bonds is 12. The Bertz CT molecular complexity index is 543. The second-order valence-electron chi connectivity index (χ2n) is 7.09. The van der Waals surface area contributed by atoms with Crippen molar-refractivity contribution in [1.29, 1.82) is 0 Å². The van der Waals surface area contributed by atoms with Crippen molar-refractivity contribution in [2.45, 2.75) is 52.0 Å². The van der Waals surface area contributed by atoms with Crippen LogP contribution >= 0.6 is 11.8 Å². The summed E-state index contributed by atoms with van der Waals surface area (Å²) in [5.41, 5.74) is 5.19. The Morgan fingerprint density at radius 3 is 2.56 bits per heavy atom. The number of unbranched alkanes of at least 4 members (excludes halogenated alkanes) is 1. The number of carbonyl (C=O) groups excluding carboxylic acids is 3. The molecular weight excluding hydrogens is 370 g/mol. The van der Waals surface area contributed by atoms with Crippen molar-refractivity contribution < 1.29 is 24.3 Å². The fourth-order valence-corrected chi connectivity index (χ4v) is 3.87. The van der Waals surface area contributed by atoms with Crippen molar-refractivity contribution in [2.75, 3.05) is 24.6 Å². The summed E-state index contributed by atoms with van der Waals surface area (Å²) in [6.45, 7) is 4.60. The molecule has 1 fully saturated rings. The molecule has 1 rings (SSSR count). The van der Waals surface area contributed by atoms with Gasteiger partial charge in [0, 0.05) is 30.7 Å². The Morgan fingerprint density at radius 1 is 1.22 bits per heavy atom. The second kappa shape index (κ2) is 11.8. The van der Waals surface area contributed by atoms with E-state index in [1.807, 2.05) is 0 Å². The van der Waals surface area contributed by atoms with E-state index in [1.165, 1.54) is 16.7 Å². The minimum atomic E-state index is -0.953. The van der Waals surface area contributed by atoms with Crippen LogP contribution in [0.5, 0.6) is 0 Å². The lowest BCUT2D eigenvalue weighted by atomic mass is 10.0. The summed E-state index contributed by atoms with van der Waals surface area (Å²) in [6, 6.07) is -0.717. The molecule has 27 heavy (non-hydrogen) atoms. The number of carboxylic acid groups (broad SMARTS) is 1. The van der Waals surface area contributed by atoms with Crippen molar-refractivity contribution in [3.63, 3.8) is 0 Å². The van der Waals surface area contributed by atoms with Crippen LogP contribution in [0.1, 0.15) is 46.0 Å². The number of hydrogen-bond donors (Lipinski definition) is 3. The van der Waals surface area contributed by atoms with Gasteiger partial charge in [0.05, 0.1) is 5.75 Å². The lowest BCUT2D eigenvalue weighted by molar-refractivity contribution is -0.149. The van der Waals surface area contributed by atoms with E-state index in [9.17, 15) is 19.2 Å². The molecule has 1 aliphatic rings. The van der Waals surface area contributed by atoms with Gasteiger partial charge >= 0.3 is 5.97 Å². The molecule has 154 valence electrons. The number of nitrogens with one attached hydrogen (secondary N) is 1. The highest BCUT2D eigenvalue weighted by atomic mass is 32.2. The molecule has 0 radical (unpaired) electrons. The van der Waals surface area contributed by atoms with E-state index in [2.05, 4.69) is 5.32 Å². The number of nitrogens with zero attached hydrogens (tertiary/aromatic N) is 1. The third-order valence-corrected chi connectivity index (χ3v) is 5.92. The lowest BCUT2D eigenvalue weighted by Gasteiger charge is -2.24. The van der Waals surface area contributed by atoms with Crippen LogP contribution in [0.4, 0.5) is 0 Å². The summed E-state index contributed by atoms with van der Waals surface area (Å²) in [6.07, 6.45) is 3.54. The van der Waals surface area contributed by atoms with Gasteiger partial charge in [-0.1, -0.05) is 20.3 Å². The molecule has 0 aliphatic carbocycles. The summed E-state index contributed by atoms with van der Waals surface area (Å²) in [7, 11) is 0. The Labute approximate surface area is 164 Å². The SMILES string of the molecule is C[C@H](CCCCNC(=O)CSC[C@H](C)C(=O)N1CCCC1C(=O)O)C(N)=O. The smallest absolute Gasteiger partial charge is 0.326 e. The highest BCUT2D eigenvalue weighted by Gasteiger charge is 2.35. The van der Waals surface area contributed by atoms with E-state index in [1.54, 1.807) is 13.8 Å². The standard InChI is InChI=1S/C18H31N3O5S/c1-12(16(19)23)6-3-4-8-20-15(22)11-27-10-13(2)17(24)21-9-5-7-14(21)18(25)26/h12-14H,3-11H2,1-2H3,(H2,19,23)(H,20,22)(H,25,26)/t12-,13+,14?/m1/s1. The number of thioether (sulfide) groups is 1. The van der Waals surface area contributed by atoms with Gasteiger partial charge in [-0.15, -0.1) is 0 Å². The predicted molar refractivity (Wildman–Crippen MR) is 104 cm³/mol. The third-order valence-electron chi connectivity index (χ3n) is 4.72. The van der Waals surface area contributed by atoms with Gasteiger partial charge in [-0.05, 0) is 25.7 Å². The van der Waals surface area contributed by atoms with Gasteiger partial charge < -0.3 is 21.1 Å². The topological polar surface area (TPSA) is 130 Å². The van der Waals surface area contributed by atoms with Gasteiger partial charge in [0.1, 0.15) is 6.04 Å². The molecule has 1 saturated heterocycles. The number of nitrogens with two attached hydrogens (primary N) is 1. The maximum absolute atomic E-state index is 12.4. The number of likely N-dealkylation sites (tertiary alicyclic amines) is 1. The molecule has 0 aromatic rings. The Hall–Kier alpha value is -1.77. The first-order valence-corrected chi connectivity index (χ1v) is 10.6. The lowest BCUT2D eigenvalue weighted by Crippen LogP contribution is -2.43.